The van der Waals surface area contributed by atoms with Crippen LogP contribution in [0.15, 0.2) is 16.3 Å². The first-order valence-electron chi connectivity index (χ1n) is 4.81. The fraction of sp³-hybridized carbons (Fsp3) is 0.727. The summed E-state index contributed by atoms with van der Waals surface area (Å²) in [5.41, 5.74) is 2.73. The Morgan fingerprint density at radius 3 is 2.42 bits per heavy atom. The molecule has 1 nitrogen and oxygen atoms in total. The summed E-state index contributed by atoms with van der Waals surface area (Å²) in [7, 11) is 0. The molecule has 0 amide bonds. The topological polar surface area (TPSA) is 12.4 Å². The molecule has 1 aliphatic rings. The van der Waals surface area contributed by atoms with E-state index in [2.05, 4.69) is 32.5 Å². The standard InChI is InChI=1S/C11H19N/c1-8(2)7-9(3)11(12-4)10-5-6-10/h8,10H,4-7H2,1-3H3/b11-9-. The van der Waals surface area contributed by atoms with Gasteiger partial charge in [-0.25, -0.2) is 0 Å². The first-order valence-corrected chi connectivity index (χ1v) is 4.81. The molecular weight excluding hydrogens is 146 g/mol. The molecule has 0 atom stereocenters. The monoisotopic (exact) mass is 165 g/mol. The molecule has 0 heterocycles. The van der Waals surface area contributed by atoms with Crippen LogP contribution in [0, 0.1) is 11.8 Å². The zero-order chi connectivity index (χ0) is 9.14. The third-order valence-corrected chi connectivity index (χ3v) is 2.29. The lowest BCUT2D eigenvalue weighted by Gasteiger charge is -2.08. The third-order valence-electron chi connectivity index (χ3n) is 2.29. The van der Waals surface area contributed by atoms with Gasteiger partial charge in [0.1, 0.15) is 0 Å². The summed E-state index contributed by atoms with van der Waals surface area (Å²) in [6, 6.07) is 0. The largest absolute Gasteiger partial charge is 0.269 e. The smallest absolute Gasteiger partial charge is 0.0416 e. The highest BCUT2D eigenvalue weighted by molar-refractivity contribution is 5.33. The highest BCUT2D eigenvalue weighted by atomic mass is 14.7. The average molecular weight is 165 g/mol. The van der Waals surface area contributed by atoms with Crippen molar-refractivity contribution in [2.24, 2.45) is 16.8 Å². The normalized spacial score (nSPS) is 19.3. The SMILES string of the molecule is C=N/C(=C(/C)CC(C)C)C1CC1. The van der Waals surface area contributed by atoms with Crippen LogP contribution >= 0.6 is 0 Å². The molecule has 0 spiro atoms. The molecule has 0 unspecified atom stereocenters. The summed E-state index contributed by atoms with van der Waals surface area (Å²) >= 11 is 0. The van der Waals surface area contributed by atoms with Gasteiger partial charge in [0.2, 0.25) is 0 Å². The van der Waals surface area contributed by atoms with Crippen LogP contribution in [0.2, 0.25) is 0 Å². The minimum absolute atomic E-state index is 0.737. The summed E-state index contributed by atoms with van der Waals surface area (Å²) in [6.07, 6.45) is 3.82. The molecule has 1 saturated carbocycles. The van der Waals surface area contributed by atoms with Crippen LogP contribution in [0.5, 0.6) is 0 Å². The number of aliphatic imine (C=N–C) groups is 1. The van der Waals surface area contributed by atoms with Crippen LogP contribution in [0.25, 0.3) is 0 Å². The second kappa shape index (κ2) is 3.88. The summed E-state index contributed by atoms with van der Waals surface area (Å²) in [4.78, 5) is 4.13. The van der Waals surface area contributed by atoms with Gasteiger partial charge in [-0.15, -0.1) is 0 Å². The second-order valence-electron chi connectivity index (χ2n) is 4.20. The molecule has 1 rings (SSSR count). The number of rotatable bonds is 4. The lowest BCUT2D eigenvalue weighted by atomic mass is 10.0. The Morgan fingerprint density at radius 2 is 2.08 bits per heavy atom. The van der Waals surface area contributed by atoms with Gasteiger partial charge < -0.3 is 0 Å². The van der Waals surface area contributed by atoms with Crippen molar-refractivity contribution in [2.75, 3.05) is 0 Å². The highest BCUT2D eigenvalue weighted by Crippen LogP contribution is 2.39. The maximum Gasteiger partial charge on any atom is 0.0416 e. The molecule has 68 valence electrons. The zero-order valence-electron chi connectivity index (χ0n) is 8.43. The molecule has 1 aliphatic carbocycles. The minimum atomic E-state index is 0.737. The summed E-state index contributed by atoms with van der Waals surface area (Å²) in [5, 5.41) is 0. The molecule has 0 aliphatic heterocycles. The maximum absolute atomic E-state index is 4.13. The molecule has 0 aromatic heterocycles. The van der Waals surface area contributed by atoms with Crippen molar-refractivity contribution >= 4 is 6.72 Å². The Bertz CT molecular complexity index is 197. The fourth-order valence-corrected chi connectivity index (χ4v) is 1.69. The first-order chi connectivity index (χ1) is 5.65. The molecule has 0 aromatic rings. The molecular formula is C11H19N. The van der Waals surface area contributed by atoms with E-state index in [9.17, 15) is 0 Å². The van der Waals surface area contributed by atoms with E-state index in [0.717, 1.165) is 11.8 Å². The van der Waals surface area contributed by atoms with Gasteiger partial charge >= 0.3 is 0 Å². The lowest BCUT2D eigenvalue weighted by Crippen LogP contribution is -1.93. The Kier molecular flexibility index (Phi) is 3.07. The van der Waals surface area contributed by atoms with E-state index in [1.54, 1.807) is 0 Å². The second-order valence-corrected chi connectivity index (χ2v) is 4.20. The maximum atomic E-state index is 4.13. The van der Waals surface area contributed by atoms with Gasteiger partial charge in [-0.05, 0) is 38.8 Å². The van der Waals surface area contributed by atoms with E-state index < -0.39 is 0 Å². The molecule has 0 aromatic carbocycles. The Morgan fingerprint density at radius 1 is 1.50 bits per heavy atom. The van der Waals surface area contributed by atoms with E-state index in [4.69, 9.17) is 0 Å². The Labute approximate surface area is 75.6 Å². The van der Waals surface area contributed by atoms with Gasteiger partial charge in [-0.3, -0.25) is 4.99 Å². The number of hydrogen-bond donors (Lipinski definition) is 0. The van der Waals surface area contributed by atoms with E-state index in [-0.39, 0.29) is 0 Å². The molecule has 0 saturated heterocycles. The van der Waals surface area contributed by atoms with Crippen molar-refractivity contribution in [1.82, 2.24) is 0 Å². The van der Waals surface area contributed by atoms with Crippen LogP contribution in [0.4, 0.5) is 0 Å². The average Bonchev–Trinajstić information content (AvgIpc) is 2.70. The van der Waals surface area contributed by atoms with Gasteiger partial charge in [-0.2, -0.15) is 0 Å². The van der Waals surface area contributed by atoms with Crippen LogP contribution in [0.3, 0.4) is 0 Å². The minimum Gasteiger partial charge on any atom is -0.269 e. The van der Waals surface area contributed by atoms with E-state index in [1.165, 1.54) is 30.5 Å². The van der Waals surface area contributed by atoms with Crippen molar-refractivity contribution in [3.63, 3.8) is 0 Å². The van der Waals surface area contributed by atoms with Gasteiger partial charge in [0.05, 0.1) is 0 Å². The van der Waals surface area contributed by atoms with Crippen LogP contribution < -0.4 is 0 Å². The van der Waals surface area contributed by atoms with Crippen LogP contribution in [0.1, 0.15) is 40.0 Å². The van der Waals surface area contributed by atoms with Gasteiger partial charge in [-0.1, -0.05) is 19.4 Å². The predicted molar refractivity (Wildman–Crippen MR) is 54.4 cm³/mol. The Balaban J connectivity index is 2.62. The van der Waals surface area contributed by atoms with Crippen molar-refractivity contribution in [2.45, 2.75) is 40.0 Å². The first kappa shape index (κ1) is 9.50. The fourth-order valence-electron chi connectivity index (χ4n) is 1.69. The Hall–Kier alpha value is -0.590. The van der Waals surface area contributed by atoms with E-state index in [1.807, 2.05) is 0 Å². The van der Waals surface area contributed by atoms with Gasteiger partial charge in [0, 0.05) is 11.6 Å². The molecule has 1 heteroatoms. The molecule has 1 fully saturated rings. The van der Waals surface area contributed by atoms with Crippen molar-refractivity contribution < 1.29 is 0 Å². The molecule has 0 N–H and O–H groups in total. The number of hydrogen-bond acceptors (Lipinski definition) is 1. The van der Waals surface area contributed by atoms with E-state index in [0.29, 0.717) is 0 Å². The molecule has 0 radical (unpaired) electrons. The molecule has 0 bridgehead atoms. The van der Waals surface area contributed by atoms with Crippen molar-refractivity contribution in [3.05, 3.63) is 11.3 Å². The number of nitrogens with zero attached hydrogens (tertiary/aromatic N) is 1. The summed E-state index contributed by atoms with van der Waals surface area (Å²) in [6.45, 7) is 10.3. The van der Waals surface area contributed by atoms with Crippen LogP contribution in [-0.2, 0) is 0 Å². The van der Waals surface area contributed by atoms with Gasteiger partial charge in [0.15, 0.2) is 0 Å². The highest BCUT2D eigenvalue weighted by Gasteiger charge is 2.26. The summed E-state index contributed by atoms with van der Waals surface area (Å²) < 4.78 is 0. The van der Waals surface area contributed by atoms with Crippen LogP contribution in [-0.4, -0.2) is 6.72 Å². The predicted octanol–water partition coefficient (Wildman–Crippen LogP) is 3.42. The summed E-state index contributed by atoms with van der Waals surface area (Å²) in [5.74, 6) is 1.49. The third kappa shape index (κ3) is 2.47. The van der Waals surface area contributed by atoms with Crippen molar-refractivity contribution in [1.29, 1.82) is 0 Å². The zero-order valence-corrected chi connectivity index (χ0v) is 8.43. The lowest BCUT2D eigenvalue weighted by molar-refractivity contribution is 0.633. The molecule has 12 heavy (non-hydrogen) atoms. The van der Waals surface area contributed by atoms with Gasteiger partial charge in [0.25, 0.3) is 0 Å². The van der Waals surface area contributed by atoms with Crippen molar-refractivity contribution in [3.8, 4) is 0 Å². The quantitative estimate of drug-likeness (QED) is 0.566. The number of allylic oxidation sites excluding steroid dienone is 2. The van der Waals surface area contributed by atoms with E-state index >= 15 is 0 Å².